The third-order valence-electron chi connectivity index (χ3n) is 3.21. The molecule has 0 saturated carbocycles. The molecule has 3 nitrogen and oxygen atoms in total. The van der Waals surface area contributed by atoms with Crippen molar-refractivity contribution in [3.63, 3.8) is 0 Å². The summed E-state index contributed by atoms with van der Waals surface area (Å²) in [6, 6.07) is 5.73. The van der Waals surface area contributed by atoms with Gasteiger partial charge in [-0.2, -0.15) is 5.10 Å². The van der Waals surface area contributed by atoms with Crippen molar-refractivity contribution in [2.45, 2.75) is 25.9 Å². The van der Waals surface area contributed by atoms with E-state index in [1.807, 2.05) is 32.2 Å². The molecule has 0 fully saturated rings. The Morgan fingerprint density at radius 1 is 1.40 bits per heavy atom. The normalized spacial score (nSPS) is 12.7. The highest BCUT2D eigenvalue weighted by atomic mass is 79.9. The van der Waals surface area contributed by atoms with Crippen LogP contribution in [0.4, 0.5) is 0 Å². The van der Waals surface area contributed by atoms with Gasteiger partial charge in [0.2, 0.25) is 0 Å². The Morgan fingerprint density at radius 3 is 2.70 bits per heavy atom. The van der Waals surface area contributed by atoms with E-state index in [1.165, 1.54) is 0 Å². The molecule has 108 valence electrons. The molecule has 6 heteroatoms. The van der Waals surface area contributed by atoms with Crippen LogP contribution in [-0.2, 0) is 19.9 Å². The van der Waals surface area contributed by atoms with Crippen LogP contribution in [0.5, 0.6) is 0 Å². The maximum absolute atomic E-state index is 10.5. The van der Waals surface area contributed by atoms with Crippen molar-refractivity contribution in [2.24, 2.45) is 7.05 Å². The lowest BCUT2D eigenvalue weighted by Crippen LogP contribution is -2.07. The quantitative estimate of drug-likeness (QED) is 0.791. The number of hydrogen-bond acceptors (Lipinski definition) is 2. The van der Waals surface area contributed by atoms with Crippen LogP contribution in [-0.4, -0.2) is 14.9 Å². The lowest BCUT2D eigenvalue weighted by atomic mass is 10.0. The standard InChI is InChI=1S/C14H15Br2ClN2O/c1-3-11-14(17)12(19(2)18-11)7-13(20)9-6-8(15)4-5-10(9)16/h4-6,13,20H,3,7H2,1-2H3. The van der Waals surface area contributed by atoms with E-state index >= 15 is 0 Å². The summed E-state index contributed by atoms with van der Waals surface area (Å²) in [5.74, 6) is 0. The Hall–Kier alpha value is -0.360. The minimum Gasteiger partial charge on any atom is -0.388 e. The van der Waals surface area contributed by atoms with Gasteiger partial charge in [0.15, 0.2) is 0 Å². The second-order valence-corrected chi connectivity index (χ2v) is 6.72. The Balaban J connectivity index is 2.30. The zero-order valence-electron chi connectivity index (χ0n) is 11.2. The fourth-order valence-electron chi connectivity index (χ4n) is 2.10. The number of hydrogen-bond donors (Lipinski definition) is 1. The smallest absolute Gasteiger partial charge is 0.0857 e. The number of aromatic nitrogens is 2. The van der Waals surface area contributed by atoms with Crippen molar-refractivity contribution in [3.8, 4) is 0 Å². The van der Waals surface area contributed by atoms with Gasteiger partial charge < -0.3 is 5.11 Å². The number of halogens is 3. The third kappa shape index (κ3) is 3.27. The lowest BCUT2D eigenvalue weighted by molar-refractivity contribution is 0.175. The van der Waals surface area contributed by atoms with E-state index in [0.29, 0.717) is 11.4 Å². The van der Waals surface area contributed by atoms with E-state index in [4.69, 9.17) is 11.6 Å². The van der Waals surface area contributed by atoms with Gasteiger partial charge in [-0.05, 0) is 30.2 Å². The maximum atomic E-state index is 10.5. The molecule has 1 unspecified atom stereocenters. The topological polar surface area (TPSA) is 38.0 Å². The van der Waals surface area contributed by atoms with Gasteiger partial charge in [0.1, 0.15) is 0 Å². The molecule has 0 bridgehead atoms. The highest BCUT2D eigenvalue weighted by Crippen LogP contribution is 2.31. The number of nitrogens with zero attached hydrogens (tertiary/aromatic N) is 2. The van der Waals surface area contributed by atoms with Gasteiger partial charge in [0.05, 0.1) is 22.5 Å². The van der Waals surface area contributed by atoms with Crippen LogP contribution < -0.4 is 0 Å². The molecule has 2 rings (SSSR count). The van der Waals surface area contributed by atoms with E-state index in [-0.39, 0.29) is 0 Å². The van der Waals surface area contributed by atoms with Crippen LogP contribution in [0.25, 0.3) is 0 Å². The minimum atomic E-state index is -0.639. The molecule has 0 amide bonds. The zero-order valence-corrected chi connectivity index (χ0v) is 15.1. The molecule has 2 aromatic rings. The summed E-state index contributed by atoms with van der Waals surface area (Å²) >= 11 is 13.2. The van der Waals surface area contributed by atoms with Crippen molar-refractivity contribution in [2.75, 3.05) is 0 Å². The lowest BCUT2D eigenvalue weighted by Gasteiger charge is -2.14. The average Bonchev–Trinajstić information content (AvgIpc) is 2.68. The molecule has 0 aliphatic rings. The molecule has 20 heavy (non-hydrogen) atoms. The predicted molar refractivity (Wildman–Crippen MR) is 88.1 cm³/mol. The predicted octanol–water partition coefficient (Wildman–Crippen LogP) is 4.44. The molecule has 1 aromatic heterocycles. The van der Waals surface area contributed by atoms with Gasteiger partial charge in [-0.25, -0.2) is 0 Å². The summed E-state index contributed by atoms with van der Waals surface area (Å²) in [6.45, 7) is 2.01. The van der Waals surface area contributed by atoms with Gasteiger partial charge in [-0.1, -0.05) is 50.4 Å². The summed E-state index contributed by atoms with van der Waals surface area (Å²) < 4.78 is 3.55. The largest absolute Gasteiger partial charge is 0.388 e. The highest BCUT2D eigenvalue weighted by molar-refractivity contribution is 9.11. The van der Waals surface area contributed by atoms with Gasteiger partial charge in [0.25, 0.3) is 0 Å². The molecule has 1 aromatic carbocycles. The monoisotopic (exact) mass is 420 g/mol. The minimum absolute atomic E-state index is 0.428. The molecule has 0 aliphatic heterocycles. The molecule has 0 aliphatic carbocycles. The van der Waals surface area contributed by atoms with E-state index in [1.54, 1.807) is 4.68 Å². The Labute approximate surface area is 140 Å². The number of aryl methyl sites for hydroxylation is 2. The fourth-order valence-corrected chi connectivity index (χ4v) is 3.37. The maximum Gasteiger partial charge on any atom is 0.0857 e. The first-order chi connectivity index (χ1) is 9.43. The summed E-state index contributed by atoms with van der Waals surface area (Å²) in [5.41, 5.74) is 2.54. The van der Waals surface area contributed by atoms with Crippen LogP contribution in [0.3, 0.4) is 0 Å². The van der Waals surface area contributed by atoms with Crippen molar-refractivity contribution in [1.82, 2.24) is 9.78 Å². The SMILES string of the molecule is CCc1nn(C)c(CC(O)c2cc(Br)ccc2Br)c1Cl. The van der Waals surface area contributed by atoms with Crippen molar-refractivity contribution in [1.29, 1.82) is 0 Å². The van der Waals surface area contributed by atoms with E-state index in [9.17, 15) is 5.11 Å². The molecule has 0 spiro atoms. The number of rotatable bonds is 4. The van der Waals surface area contributed by atoms with E-state index in [0.717, 1.165) is 32.3 Å². The van der Waals surface area contributed by atoms with Crippen molar-refractivity contribution >= 4 is 43.5 Å². The number of aliphatic hydroxyl groups excluding tert-OH is 1. The summed E-state index contributed by atoms with van der Waals surface area (Å²) in [4.78, 5) is 0. The number of aliphatic hydroxyl groups is 1. The zero-order chi connectivity index (χ0) is 14.9. The first-order valence-electron chi connectivity index (χ1n) is 6.27. The Kier molecular flexibility index (Phi) is 5.29. The summed E-state index contributed by atoms with van der Waals surface area (Å²) in [6.07, 6.45) is 0.570. The van der Waals surface area contributed by atoms with Gasteiger partial charge >= 0.3 is 0 Å². The van der Waals surface area contributed by atoms with E-state index < -0.39 is 6.10 Å². The first-order valence-corrected chi connectivity index (χ1v) is 8.23. The van der Waals surface area contributed by atoms with Crippen LogP contribution in [0, 0.1) is 0 Å². The van der Waals surface area contributed by atoms with Crippen LogP contribution in [0.2, 0.25) is 5.02 Å². The van der Waals surface area contributed by atoms with Crippen molar-refractivity contribution < 1.29 is 5.11 Å². The first kappa shape index (κ1) is 16.0. The number of benzene rings is 1. The van der Waals surface area contributed by atoms with Crippen LogP contribution in [0.1, 0.15) is 30.0 Å². The molecule has 1 heterocycles. The second-order valence-electron chi connectivity index (χ2n) is 4.57. The van der Waals surface area contributed by atoms with E-state index in [2.05, 4.69) is 37.0 Å². The summed E-state index contributed by atoms with van der Waals surface area (Å²) in [5, 5.41) is 15.5. The van der Waals surface area contributed by atoms with Gasteiger partial charge in [-0.15, -0.1) is 0 Å². The molecular formula is C14H15Br2ClN2O. The molecular weight excluding hydrogens is 407 g/mol. The molecule has 0 radical (unpaired) electrons. The third-order valence-corrected chi connectivity index (χ3v) is 4.86. The van der Waals surface area contributed by atoms with Crippen molar-refractivity contribution in [3.05, 3.63) is 49.1 Å². The molecule has 1 N–H and O–H groups in total. The van der Waals surface area contributed by atoms with Gasteiger partial charge in [0, 0.05) is 22.4 Å². The molecule has 1 atom stereocenters. The summed E-state index contributed by atoms with van der Waals surface area (Å²) in [7, 11) is 1.85. The Bertz CT molecular complexity index is 628. The van der Waals surface area contributed by atoms with Gasteiger partial charge in [-0.3, -0.25) is 4.68 Å². The van der Waals surface area contributed by atoms with Crippen LogP contribution >= 0.6 is 43.5 Å². The fraction of sp³-hybridized carbons (Fsp3) is 0.357. The highest BCUT2D eigenvalue weighted by Gasteiger charge is 2.19. The van der Waals surface area contributed by atoms with Crippen LogP contribution in [0.15, 0.2) is 27.1 Å². The average molecular weight is 423 g/mol. The second kappa shape index (κ2) is 6.60. The molecule has 0 saturated heterocycles. The Morgan fingerprint density at radius 2 is 2.10 bits per heavy atom.